The van der Waals surface area contributed by atoms with Crippen molar-refractivity contribution in [2.24, 2.45) is 0 Å². The van der Waals surface area contributed by atoms with Crippen molar-refractivity contribution in [1.82, 2.24) is 5.32 Å². The van der Waals surface area contributed by atoms with Crippen LogP contribution in [-0.2, 0) is 32.7 Å². The molecular formula is C12H32NY-. The normalized spacial score (nSPS) is 5.00. The van der Waals surface area contributed by atoms with Gasteiger partial charge in [0.25, 0.3) is 0 Å². The van der Waals surface area contributed by atoms with E-state index in [2.05, 4.69) is 39.2 Å². The summed E-state index contributed by atoms with van der Waals surface area (Å²) < 4.78 is 0. The molecule has 0 saturated heterocycles. The van der Waals surface area contributed by atoms with Crippen LogP contribution in [0.2, 0.25) is 0 Å². The average Bonchev–Trinajstić information content (AvgIpc) is 2.14. The molecule has 1 N–H and O–H groups in total. The molecule has 0 spiro atoms. The van der Waals surface area contributed by atoms with Gasteiger partial charge in [0, 0.05) is 32.7 Å². The van der Waals surface area contributed by atoms with Gasteiger partial charge in [-0.2, -0.15) is 0 Å². The third kappa shape index (κ3) is 227. The van der Waals surface area contributed by atoms with E-state index in [1.807, 2.05) is 20.9 Å². The smallest absolute Gasteiger partial charge is 0 e. The van der Waals surface area contributed by atoms with Crippen molar-refractivity contribution >= 4 is 0 Å². The van der Waals surface area contributed by atoms with Gasteiger partial charge in [-0.15, -0.1) is 13.2 Å². The van der Waals surface area contributed by atoms with Gasteiger partial charge in [0.15, 0.2) is 0 Å². The zero-order chi connectivity index (χ0) is 10.8. The van der Waals surface area contributed by atoms with Crippen LogP contribution in [0.5, 0.6) is 0 Å². The van der Waals surface area contributed by atoms with E-state index in [1.165, 1.54) is 12.8 Å². The summed E-state index contributed by atoms with van der Waals surface area (Å²) in [5.74, 6) is 0. The Hall–Kier alpha value is 0.804. The molecule has 2 heteroatoms. The molecule has 0 bridgehead atoms. The van der Waals surface area contributed by atoms with E-state index in [0.29, 0.717) is 0 Å². The Morgan fingerprint density at radius 2 is 1.21 bits per heavy atom. The maximum atomic E-state index is 3.02. The molecule has 0 rings (SSSR count). The molecule has 0 aliphatic rings. The monoisotopic (exact) mass is 279 g/mol. The van der Waals surface area contributed by atoms with Crippen LogP contribution < -0.4 is 5.32 Å². The van der Waals surface area contributed by atoms with Crippen LogP contribution in [0.3, 0.4) is 0 Å². The van der Waals surface area contributed by atoms with E-state index < -0.39 is 0 Å². The van der Waals surface area contributed by atoms with Crippen molar-refractivity contribution in [3.63, 3.8) is 0 Å². The van der Waals surface area contributed by atoms with E-state index in [4.69, 9.17) is 0 Å². The van der Waals surface area contributed by atoms with Crippen LogP contribution >= 0.6 is 0 Å². The summed E-state index contributed by atoms with van der Waals surface area (Å²) in [4.78, 5) is 0. The first-order chi connectivity index (χ1) is 5.83. The first-order valence-corrected chi connectivity index (χ1v) is 4.97. The van der Waals surface area contributed by atoms with Crippen molar-refractivity contribution in [2.45, 2.75) is 47.5 Å². The van der Waals surface area contributed by atoms with Gasteiger partial charge in [-0.1, -0.05) is 41.0 Å². The first kappa shape index (κ1) is 36.4. The Balaban J connectivity index is -0.0000000159. The predicted octanol–water partition coefficient (Wildman–Crippen LogP) is 4.31. The fraction of sp³-hybridized carbons (Fsp3) is 0.750. The standard InChI is InChI=1S/C4H11N.C3H8.C2H6.C2H4.CH3.Y/c1-3-4-5-2;1-3-2;2*1-2;;/h5H,3-4H2,1-2H3;3H2,1-2H3;1-2H3;1-2H2;1H3;/q;;;;-1;. The van der Waals surface area contributed by atoms with E-state index in [-0.39, 0.29) is 40.1 Å². The van der Waals surface area contributed by atoms with Crippen LogP contribution in [0.1, 0.15) is 47.5 Å². The Kier molecular flexibility index (Phi) is 255. The largest absolute Gasteiger partial charge is 0.358 e. The fourth-order valence-electron chi connectivity index (χ4n) is 0.250. The Morgan fingerprint density at radius 3 is 1.21 bits per heavy atom. The second kappa shape index (κ2) is 98.1. The number of nitrogens with one attached hydrogen (secondary N) is 1. The molecule has 0 aromatic heterocycles. The SMILES string of the molecule is C=C.CC.CCC.CCCNC.[CH3-].[Y]. The number of hydrogen-bond donors (Lipinski definition) is 1. The quantitative estimate of drug-likeness (QED) is 0.586. The van der Waals surface area contributed by atoms with Crippen LogP contribution in [0, 0.1) is 7.43 Å². The molecule has 0 amide bonds. The molecule has 0 aliphatic heterocycles. The summed E-state index contributed by atoms with van der Waals surface area (Å²) >= 11 is 0. The second-order valence-electron chi connectivity index (χ2n) is 1.81. The fourth-order valence-corrected chi connectivity index (χ4v) is 0.250. The topological polar surface area (TPSA) is 12.0 Å². The molecule has 0 atom stereocenters. The second-order valence-corrected chi connectivity index (χ2v) is 1.81. The molecule has 1 nitrogen and oxygen atoms in total. The average molecular weight is 279 g/mol. The third-order valence-corrected chi connectivity index (χ3v) is 0.500. The summed E-state index contributed by atoms with van der Waals surface area (Å²) in [5, 5.41) is 3.02. The molecule has 0 unspecified atom stereocenters. The van der Waals surface area contributed by atoms with Crippen molar-refractivity contribution in [3.05, 3.63) is 20.6 Å². The molecule has 0 fully saturated rings. The maximum Gasteiger partial charge on any atom is 0 e. The summed E-state index contributed by atoms with van der Waals surface area (Å²) in [6, 6.07) is 0. The molecule has 0 aliphatic carbocycles. The minimum absolute atomic E-state index is 0. The predicted molar refractivity (Wildman–Crippen MR) is 69.2 cm³/mol. The molecular weight excluding hydrogens is 247 g/mol. The van der Waals surface area contributed by atoms with Gasteiger partial charge in [-0.25, -0.2) is 0 Å². The molecule has 0 saturated carbocycles. The Morgan fingerprint density at radius 1 is 1.00 bits per heavy atom. The molecule has 14 heavy (non-hydrogen) atoms. The zero-order valence-corrected chi connectivity index (χ0v) is 14.5. The number of rotatable bonds is 2. The Labute approximate surface area is 119 Å². The van der Waals surface area contributed by atoms with Gasteiger partial charge in [-0.05, 0) is 20.0 Å². The van der Waals surface area contributed by atoms with Crippen LogP contribution in [0.25, 0.3) is 0 Å². The summed E-state index contributed by atoms with van der Waals surface area (Å²) in [6.07, 6.45) is 2.48. The molecule has 0 heterocycles. The minimum Gasteiger partial charge on any atom is -0.358 e. The van der Waals surface area contributed by atoms with Crippen LogP contribution in [-0.4, -0.2) is 13.6 Å². The molecule has 89 valence electrons. The van der Waals surface area contributed by atoms with Crippen molar-refractivity contribution in [2.75, 3.05) is 13.6 Å². The van der Waals surface area contributed by atoms with Crippen molar-refractivity contribution in [1.29, 1.82) is 0 Å². The summed E-state index contributed by atoms with van der Waals surface area (Å²) in [7, 11) is 1.96. The van der Waals surface area contributed by atoms with Crippen LogP contribution in [0.15, 0.2) is 13.2 Å². The third-order valence-electron chi connectivity index (χ3n) is 0.500. The van der Waals surface area contributed by atoms with Gasteiger partial charge in [0.05, 0.1) is 0 Å². The zero-order valence-electron chi connectivity index (χ0n) is 11.6. The minimum atomic E-state index is 0. The number of hydrogen-bond acceptors (Lipinski definition) is 1. The summed E-state index contributed by atoms with van der Waals surface area (Å²) in [6.45, 7) is 17.5. The maximum absolute atomic E-state index is 3.02. The van der Waals surface area contributed by atoms with Crippen molar-refractivity contribution in [3.8, 4) is 0 Å². The van der Waals surface area contributed by atoms with E-state index >= 15 is 0 Å². The van der Waals surface area contributed by atoms with Crippen LogP contribution in [0.4, 0.5) is 0 Å². The van der Waals surface area contributed by atoms with E-state index in [9.17, 15) is 0 Å². The van der Waals surface area contributed by atoms with Gasteiger partial charge < -0.3 is 12.7 Å². The van der Waals surface area contributed by atoms with Gasteiger partial charge >= 0.3 is 0 Å². The Bertz CT molecular complexity index is 31.5. The summed E-state index contributed by atoms with van der Waals surface area (Å²) in [5.41, 5.74) is 0. The van der Waals surface area contributed by atoms with Gasteiger partial charge in [-0.3, -0.25) is 0 Å². The first-order valence-electron chi connectivity index (χ1n) is 4.97. The molecule has 0 aromatic carbocycles. The molecule has 1 radical (unpaired) electrons. The van der Waals surface area contributed by atoms with Crippen molar-refractivity contribution < 1.29 is 32.7 Å². The van der Waals surface area contributed by atoms with Gasteiger partial charge in [0.1, 0.15) is 0 Å². The van der Waals surface area contributed by atoms with Gasteiger partial charge in [0.2, 0.25) is 0 Å². The molecule has 0 aromatic rings. The van der Waals surface area contributed by atoms with E-state index in [1.54, 1.807) is 0 Å². The van der Waals surface area contributed by atoms with E-state index in [0.717, 1.165) is 6.54 Å².